The third-order valence-corrected chi connectivity index (χ3v) is 6.91. The lowest BCUT2D eigenvalue weighted by atomic mass is 10.0. The summed E-state index contributed by atoms with van der Waals surface area (Å²) in [4.78, 5) is 39.9. The molecule has 0 aliphatic carbocycles. The standard InChI is InChI=1S/C32H37FN4O4/c1-22(2)19-34-27-12-9-24(10-13-27)30(38)35-20-25-8-11-26(33)18-29(25)31(39)36-28-14-16-37(17-15-28)32(40)41-21-23-6-4-3-5-7-23/h3-13,18,22,28,34H,14-17,19-21H2,1-2H3,(H,35,38)(H,36,39). The third-order valence-electron chi connectivity index (χ3n) is 6.91. The minimum Gasteiger partial charge on any atom is -0.445 e. The van der Waals surface area contributed by atoms with E-state index in [2.05, 4.69) is 29.8 Å². The molecule has 0 bridgehead atoms. The molecule has 3 aromatic rings. The van der Waals surface area contributed by atoms with E-state index >= 15 is 0 Å². The SMILES string of the molecule is CC(C)CNc1ccc(C(=O)NCc2ccc(F)cc2C(=O)NC2CCN(C(=O)OCc3ccccc3)CC2)cc1. The van der Waals surface area contributed by atoms with Crippen molar-refractivity contribution in [3.8, 4) is 0 Å². The molecule has 1 heterocycles. The van der Waals surface area contributed by atoms with E-state index in [-0.39, 0.29) is 36.8 Å². The van der Waals surface area contributed by atoms with Gasteiger partial charge >= 0.3 is 6.09 Å². The summed E-state index contributed by atoms with van der Waals surface area (Å²) in [5.74, 6) is -0.741. The lowest BCUT2D eigenvalue weighted by Gasteiger charge is -2.31. The zero-order valence-electron chi connectivity index (χ0n) is 23.5. The number of piperidine rings is 1. The Morgan fingerprint density at radius 1 is 0.951 bits per heavy atom. The van der Waals surface area contributed by atoms with Crippen LogP contribution >= 0.6 is 0 Å². The van der Waals surface area contributed by atoms with Crippen LogP contribution in [0.5, 0.6) is 0 Å². The van der Waals surface area contributed by atoms with Crippen LogP contribution in [0.25, 0.3) is 0 Å². The largest absolute Gasteiger partial charge is 0.445 e. The number of hydrogen-bond acceptors (Lipinski definition) is 5. The predicted molar refractivity (Wildman–Crippen MR) is 156 cm³/mol. The Bertz CT molecular complexity index is 1320. The molecule has 216 valence electrons. The minimum atomic E-state index is -0.536. The summed E-state index contributed by atoms with van der Waals surface area (Å²) in [6.45, 7) is 6.23. The summed E-state index contributed by atoms with van der Waals surface area (Å²) in [5.41, 5.74) is 3.01. The molecule has 0 spiro atoms. The van der Waals surface area contributed by atoms with Crippen molar-refractivity contribution in [1.82, 2.24) is 15.5 Å². The number of nitrogens with one attached hydrogen (secondary N) is 3. The van der Waals surface area contributed by atoms with Crippen LogP contribution in [-0.4, -0.2) is 48.5 Å². The van der Waals surface area contributed by atoms with Gasteiger partial charge in [-0.15, -0.1) is 0 Å². The van der Waals surface area contributed by atoms with Crippen LogP contribution in [0.3, 0.4) is 0 Å². The molecular weight excluding hydrogens is 523 g/mol. The van der Waals surface area contributed by atoms with Crippen molar-refractivity contribution in [3.05, 3.63) is 101 Å². The maximum Gasteiger partial charge on any atom is 0.410 e. The second-order valence-corrected chi connectivity index (χ2v) is 10.6. The lowest BCUT2D eigenvalue weighted by Crippen LogP contribution is -2.46. The van der Waals surface area contributed by atoms with Crippen molar-refractivity contribution in [2.45, 2.75) is 45.9 Å². The number of hydrogen-bond donors (Lipinski definition) is 3. The summed E-state index contributed by atoms with van der Waals surface area (Å²) >= 11 is 0. The van der Waals surface area contributed by atoms with E-state index in [0.29, 0.717) is 43.0 Å². The fourth-order valence-electron chi connectivity index (χ4n) is 4.53. The summed E-state index contributed by atoms with van der Waals surface area (Å²) in [5, 5.41) is 9.10. The number of rotatable bonds is 10. The van der Waals surface area contributed by atoms with Gasteiger partial charge in [0.1, 0.15) is 12.4 Å². The number of carbonyl (C=O) groups is 3. The maximum absolute atomic E-state index is 14.1. The van der Waals surface area contributed by atoms with Gasteiger partial charge in [-0.3, -0.25) is 9.59 Å². The minimum absolute atomic E-state index is 0.0704. The van der Waals surface area contributed by atoms with E-state index in [1.165, 1.54) is 18.2 Å². The van der Waals surface area contributed by atoms with Crippen molar-refractivity contribution >= 4 is 23.6 Å². The fourth-order valence-corrected chi connectivity index (χ4v) is 4.53. The monoisotopic (exact) mass is 560 g/mol. The van der Waals surface area contributed by atoms with Crippen molar-refractivity contribution < 1.29 is 23.5 Å². The Morgan fingerprint density at radius 3 is 2.34 bits per heavy atom. The molecule has 0 saturated carbocycles. The number of likely N-dealkylation sites (tertiary alicyclic amines) is 1. The Hall–Kier alpha value is -4.40. The van der Waals surface area contributed by atoms with Gasteiger partial charge in [0.25, 0.3) is 11.8 Å². The zero-order chi connectivity index (χ0) is 29.2. The van der Waals surface area contributed by atoms with Gasteiger partial charge in [0.2, 0.25) is 0 Å². The number of carbonyl (C=O) groups excluding carboxylic acids is 3. The second kappa shape index (κ2) is 14.3. The molecule has 4 rings (SSSR count). The number of amides is 3. The fraction of sp³-hybridized carbons (Fsp3) is 0.344. The third kappa shape index (κ3) is 8.79. The number of anilines is 1. The van der Waals surface area contributed by atoms with Crippen LogP contribution in [-0.2, 0) is 17.9 Å². The highest BCUT2D eigenvalue weighted by molar-refractivity contribution is 5.97. The highest BCUT2D eigenvalue weighted by atomic mass is 19.1. The van der Waals surface area contributed by atoms with Gasteiger partial charge in [0, 0.05) is 49.0 Å². The molecule has 9 heteroatoms. The van der Waals surface area contributed by atoms with Crippen molar-refractivity contribution in [1.29, 1.82) is 0 Å². The van der Waals surface area contributed by atoms with Crippen LogP contribution in [0, 0.1) is 11.7 Å². The van der Waals surface area contributed by atoms with Crippen LogP contribution < -0.4 is 16.0 Å². The van der Waals surface area contributed by atoms with E-state index in [9.17, 15) is 18.8 Å². The van der Waals surface area contributed by atoms with Gasteiger partial charge in [-0.2, -0.15) is 0 Å². The molecular formula is C32H37FN4O4. The normalized spacial score (nSPS) is 13.5. The van der Waals surface area contributed by atoms with E-state index in [4.69, 9.17) is 4.74 Å². The highest BCUT2D eigenvalue weighted by Gasteiger charge is 2.26. The van der Waals surface area contributed by atoms with Crippen molar-refractivity contribution in [2.24, 2.45) is 5.92 Å². The van der Waals surface area contributed by atoms with Crippen LogP contribution in [0.2, 0.25) is 0 Å². The molecule has 0 unspecified atom stereocenters. The number of benzene rings is 3. The Labute approximate surface area is 240 Å². The number of ether oxygens (including phenoxy) is 1. The van der Waals surface area contributed by atoms with Gasteiger partial charge in [-0.1, -0.05) is 50.2 Å². The van der Waals surface area contributed by atoms with Crippen molar-refractivity contribution in [2.75, 3.05) is 25.0 Å². The van der Waals surface area contributed by atoms with Gasteiger partial charge in [0.05, 0.1) is 0 Å². The molecule has 1 aliphatic rings. The quantitative estimate of drug-likeness (QED) is 0.310. The Morgan fingerprint density at radius 2 is 1.66 bits per heavy atom. The smallest absolute Gasteiger partial charge is 0.410 e. The highest BCUT2D eigenvalue weighted by Crippen LogP contribution is 2.17. The average Bonchev–Trinajstić information content (AvgIpc) is 2.99. The molecule has 1 saturated heterocycles. The van der Waals surface area contributed by atoms with Crippen LogP contribution in [0.1, 0.15) is 58.5 Å². The second-order valence-electron chi connectivity index (χ2n) is 10.6. The summed E-state index contributed by atoms with van der Waals surface area (Å²) in [7, 11) is 0. The molecule has 0 radical (unpaired) electrons. The molecule has 0 atom stereocenters. The number of nitrogens with zero attached hydrogens (tertiary/aromatic N) is 1. The van der Waals surface area contributed by atoms with Gasteiger partial charge in [-0.05, 0) is 66.3 Å². The first kappa shape index (κ1) is 29.6. The molecule has 3 amide bonds. The first-order valence-electron chi connectivity index (χ1n) is 14.0. The molecule has 1 aliphatic heterocycles. The van der Waals surface area contributed by atoms with E-state index < -0.39 is 11.7 Å². The zero-order valence-corrected chi connectivity index (χ0v) is 23.5. The molecule has 3 aromatic carbocycles. The van der Waals surface area contributed by atoms with Gasteiger partial charge in [-0.25, -0.2) is 9.18 Å². The lowest BCUT2D eigenvalue weighted by molar-refractivity contribution is 0.0807. The van der Waals surface area contributed by atoms with E-state index in [0.717, 1.165) is 17.8 Å². The van der Waals surface area contributed by atoms with E-state index in [1.54, 1.807) is 17.0 Å². The molecule has 8 nitrogen and oxygen atoms in total. The summed E-state index contributed by atoms with van der Waals surface area (Å²) in [6, 6.07) is 20.4. The summed E-state index contributed by atoms with van der Waals surface area (Å²) < 4.78 is 19.5. The molecule has 0 aromatic heterocycles. The molecule has 1 fully saturated rings. The topological polar surface area (TPSA) is 99.8 Å². The van der Waals surface area contributed by atoms with Gasteiger partial charge in [0.15, 0.2) is 0 Å². The van der Waals surface area contributed by atoms with Crippen LogP contribution in [0.4, 0.5) is 14.9 Å². The molecule has 41 heavy (non-hydrogen) atoms. The summed E-state index contributed by atoms with van der Waals surface area (Å²) in [6.07, 6.45) is 0.716. The first-order valence-corrected chi connectivity index (χ1v) is 14.0. The predicted octanol–water partition coefficient (Wildman–Crippen LogP) is 5.35. The molecule has 3 N–H and O–H groups in total. The Balaban J connectivity index is 1.27. The van der Waals surface area contributed by atoms with Gasteiger partial charge < -0.3 is 25.6 Å². The van der Waals surface area contributed by atoms with E-state index in [1.807, 2.05) is 42.5 Å². The van der Waals surface area contributed by atoms with Crippen molar-refractivity contribution in [3.63, 3.8) is 0 Å². The van der Waals surface area contributed by atoms with Crippen LogP contribution in [0.15, 0.2) is 72.8 Å². The Kier molecular flexibility index (Phi) is 10.3. The average molecular weight is 561 g/mol. The first-order chi connectivity index (χ1) is 19.8. The number of halogens is 1. The maximum atomic E-state index is 14.1.